The molecule has 0 aliphatic heterocycles. The molecule has 1 aliphatic rings. The lowest BCUT2D eigenvalue weighted by atomic mass is 9.78. The van der Waals surface area contributed by atoms with Gasteiger partial charge in [-0.05, 0) is 38.0 Å². The summed E-state index contributed by atoms with van der Waals surface area (Å²) in [7, 11) is 0. The third-order valence-corrected chi connectivity index (χ3v) is 4.91. The van der Waals surface area contributed by atoms with E-state index in [2.05, 4.69) is 5.32 Å². The fraction of sp³-hybridized carbons (Fsp3) is 0.444. The number of carbonyl (C=O) groups is 1. The van der Waals surface area contributed by atoms with Gasteiger partial charge in [-0.2, -0.15) is 0 Å². The summed E-state index contributed by atoms with van der Waals surface area (Å²) in [6.45, 7) is 1.87. The average Bonchev–Trinajstić information content (AvgIpc) is 2.56. The van der Waals surface area contributed by atoms with Crippen LogP contribution in [-0.2, 0) is 0 Å². The Hall–Kier alpha value is -2.21. The van der Waals surface area contributed by atoms with Crippen LogP contribution in [0, 0.1) is 5.82 Å². The highest BCUT2D eigenvalue weighted by Gasteiger charge is 2.34. The number of benzene rings is 1. The summed E-state index contributed by atoms with van der Waals surface area (Å²) in [5.41, 5.74) is 5.71. The summed E-state index contributed by atoms with van der Waals surface area (Å²) >= 11 is 0. The maximum atomic E-state index is 13.2. The lowest BCUT2D eigenvalue weighted by molar-refractivity contribution is 0.0879. The second kappa shape index (κ2) is 6.36. The van der Waals surface area contributed by atoms with Crippen molar-refractivity contribution in [2.45, 2.75) is 50.6 Å². The van der Waals surface area contributed by atoms with Crippen LogP contribution in [0.4, 0.5) is 4.39 Å². The van der Waals surface area contributed by atoms with Crippen molar-refractivity contribution in [3.05, 3.63) is 46.1 Å². The third kappa shape index (κ3) is 3.19. The molecule has 1 amide bonds. The number of rotatable bonds is 3. The highest BCUT2D eigenvalue weighted by atomic mass is 19.1. The van der Waals surface area contributed by atoms with Crippen molar-refractivity contribution in [1.29, 1.82) is 0 Å². The van der Waals surface area contributed by atoms with Gasteiger partial charge in [0.15, 0.2) is 11.2 Å². The number of fused-ring (bicyclic) bond motifs is 1. The second-order valence-corrected chi connectivity index (χ2v) is 6.60. The zero-order valence-corrected chi connectivity index (χ0v) is 13.6. The molecule has 24 heavy (non-hydrogen) atoms. The topological polar surface area (TPSA) is 85.3 Å². The van der Waals surface area contributed by atoms with Crippen LogP contribution >= 0.6 is 0 Å². The quantitative estimate of drug-likeness (QED) is 0.905. The maximum Gasteiger partial charge on any atom is 0.287 e. The van der Waals surface area contributed by atoms with E-state index in [9.17, 15) is 14.0 Å². The van der Waals surface area contributed by atoms with Gasteiger partial charge in [-0.25, -0.2) is 4.39 Å². The Morgan fingerprint density at radius 1 is 1.29 bits per heavy atom. The van der Waals surface area contributed by atoms with Gasteiger partial charge >= 0.3 is 0 Å². The Morgan fingerprint density at radius 2 is 2.00 bits per heavy atom. The van der Waals surface area contributed by atoms with Gasteiger partial charge in [0.05, 0.1) is 5.39 Å². The van der Waals surface area contributed by atoms with Crippen LogP contribution in [0.25, 0.3) is 11.0 Å². The highest BCUT2D eigenvalue weighted by molar-refractivity contribution is 5.93. The summed E-state index contributed by atoms with van der Waals surface area (Å²) in [6, 6.07) is 4.49. The van der Waals surface area contributed by atoms with Gasteiger partial charge in [-0.1, -0.05) is 19.3 Å². The van der Waals surface area contributed by atoms with Crippen molar-refractivity contribution < 1.29 is 13.6 Å². The second-order valence-electron chi connectivity index (χ2n) is 6.60. The minimum absolute atomic E-state index is 0.0923. The SMILES string of the molecule is CC(NC(=O)c1cc(=O)c2cc(F)ccc2o1)C1(N)CCCCC1. The van der Waals surface area contributed by atoms with Crippen molar-refractivity contribution in [1.82, 2.24) is 5.32 Å². The van der Waals surface area contributed by atoms with Crippen LogP contribution in [0.1, 0.15) is 49.6 Å². The molecule has 2 aromatic rings. The number of nitrogens with two attached hydrogens (primary N) is 1. The van der Waals surface area contributed by atoms with Crippen molar-refractivity contribution in [2.24, 2.45) is 5.73 Å². The van der Waals surface area contributed by atoms with Gasteiger partial charge in [0, 0.05) is 17.6 Å². The molecule has 0 spiro atoms. The number of hydrogen-bond acceptors (Lipinski definition) is 4. The summed E-state index contributed by atoms with van der Waals surface area (Å²) in [5.74, 6) is -1.10. The lowest BCUT2D eigenvalue weighted by Crippen LogP contribution is -2.58. The van der Waals surface area contributed by atoms with Crippen molar-refractivity contribution in [3.63, 3.8) is 0 Å². The Balaban J connectivity index is 1.83. The molecule has 3 N–H and O–H groups in total. The molecule has 1 aromatic heterocycles. The van der Waals surface area contributed by atoms with Crippen LogP contribution in [0.3, 0.4) is 0 Å². The molecule has 1 saturated carbocycles. The smallest absolute Gasteiger partial charge is 0.287 e. The van der Waals surface area contributed by atoms with Crippen molar-refractivity contribution in [3.8, 4) is 0 Å². The van der Waals surface area contributed by atoms with E-state index in [0.29, 0.717) is 0 Å². The van der Waals surface area contributed by atoms with Gasteiger partial charge in [-0.3, -0.25) is 9.59 Å². The highest BCUT2D eigenvalue weighted by Crippen LogP contribution is 2.28. The van der Waals surface area contributed by atoms with Crippen LogP contribution < -0.4 is 16.5 Å². The van der Waals surface area contributed by atoms with Crippen LogP contribution in [0.5, 0.6) is 0 Å². The van der Waals surface area contributed by atoms with Gasteiger partial charge in [0.2, 0.25) is 0 Å². The van der Waals surface area contributed by atoms with E-state index < -0.39 is 22.7 Å². The number of carbonyl (C=O) groups excluding carboxylic acids is 1. The summed E-state index contributed by atoms with van der Waals surface area (Å²) in [5, 5.41) is 2.95. The Morgan fingerprint density at radius 3 is 2.71 bits per heavy atom. The number of hydrogen-bond donors (Lipinski definition) is 2. The Labute approximate surface area is 139 Å². The zero-order valence-electron chi connectivity index (χ0n) is 13.6. The fourth-order valence-electron chi connectivity index (χ4n) is 3.29. The molecule has 0 bridgehead atoms. The van der Waals surface area contributed by atoms with E-state index in [4.69, 9.17) is 10.2 Å². The number of nitrogens with one attached hydrogen (secondary N) is 1. The van der Waals surface area contributed by atoms with E-state index in [0.717, 1.165) is 44.2 Å². The van der Waals surface area contributed by atoms with Gasteiger partial charge in [-0.15, -0.1) is 0 Å². The molecule has 1 atom stereocenters. The first kappa shape index (κ1) is 16.6. The van der Waals surface area contributed by atoms with Gasteiger partial charge < -0.3 is 15.5 Å². The summed E-state index contributed by atoms with van der Waals surface area (Å²) in [6.07, 6.45) is 4.97. The van der Waals surface area contributed by atoms with Gasteiger partial charge in [0.25, 0.3) is 5.91 Å². The summed E-state index contributed by atoms with van der Waals surface area (Å²) in [4.78, 5) is 24.5. The molecule has 0 saturated heterocycles. The van der Waals surface area contributed by atoms with E-state index in [1.165, 1.54) is 12.1 Å². The molecule has 1 fully saturated rings. The van der Waals surface area contributed by atoms with Crippen molar-refractivity contribution in [2.75, 3.05) is 0 Å². The molecule has 0 radical (unpaired) electrons. The van der Waals surface area contributed by atoms with Crippen LogP contribution in [0.2, 0.25) is 0 Å². The molecule has 128 valence electrons. The van der Waals surface area contributed by atoms with Gasteiger partial charge in [0.1, 0.15) is 11.4 Å². The molecular weight excluding hydrogens is 311 g/mol. The molecule has 1 aromatic carbocycles. The molecule has 1 aliphatic carbocycles. The monoisotopic (exact) mass is 332 g/mol. The normalized spacial score (nSPS) is 18.3. The van der Waals surface area contributed by atoms with Crippen molar-refractivity contribution >= 4 is 16.9 Å². The largest absolute Gasteiger partial charge is 0.451 e. The number of amides is 1. The standard InChI is InChI=1S/C18H21FN2O3/c1-11(18(20)7-3-2-4-8-18)21-17(23)16-10-14(22)13-9-12(19)5-6-15(13)24-16/h5-6,9-11H,2-4,7-8,20H2,1H3,(H,21,23). The van der Waals surface area contributed by atoms with Crippen LogP contribution in [-0.4, -0.2) is 17.5 Å². The maximum absolute atomic E-state index is 13.2. The first-order valence-electron chi connectivity index (χ1n) is 8.22. The Bertz CT molecular complexity index is 825. The minimum Gasteiger partial charge on any atom is -0.451 e. The van der Waals surface area contributed by atoms with E-state index in [1.807, 2.05) is 6.92 Å². The van der Waals surface area contributed by atoms with Crippen LogP contribution in [0.15, 0.2) is 33.5 Å². The number of halogens is 1. The zero-order chi connectivity index (χ0) is 17.3. The van der Waals surface area contributed by atoms with E-state index in [1.54, 1.807) is 0 Å². The van der Waals surface area contributed by atoms with E-state index in [-0.39, 0.29) is 22.8 Å². The first-order valence-corrected chi connectivity index (χ1v) is 8.22. The molecule has 1 heterocycles. The summed E-state index contributed by atoms with van der Waals surface area (Å²) < 4.78 is 18.7. The van der Waals surface area contributed by atoms with E-state index >= 15 is 0 Å². The fourth-order valence-corrected chi connectivity index (χ4v) is 3.29. The predicted molar refractivity (Wildman–Crippen MR) is 89.4 cm³/mol. The minimum atomic E-state index is -0.525. The average molecular weight is 332 g/mol. The molecule has 3 rings (SSSR count). The Kier molecular flexibility index (Phi) is 4.41. The lowest BCUT2D eigenvalue weighted by Gasteiger charge is -2.39. The first-order chi connectivity index (χ1) is 11.4. The molecular formula is C18H21FN2O3. The third-order valence-electron chi connectivity index (χ3n) is 4.91. The molecule has 5 nitrogen and oxygen atoms in total. The molecule has 6 heteroatoms. The molecule has 1 unspecified atom stereocenters. The predicted octanol–water partition coefficient (Wildman–Crippen LogP) is 2.71.